The van der Waals surface area contributed by atoms with E-state index in [4.69, 9.17) is 0 Å². The lowest BCUT2D eigenvalue weighted by Gasteiger charge is -2.36. The first-order chi connectivity index (χ1) is 20.3. The largest absolute Gasteiger partial charge is 0.573 e. The zero-order chi connectivity index (χ0) is 31.1. The van der Waals surface area contributed by atoms with Crippen molar-refractivity contribution in [2.24, 2.45) is 0 Å². The lowest BCUT2D eigenvalue weighted by atomic mass is 9.70. The number of ether oxygens (including phenoxy) is 2. The molecule has 0 atom stereocenters. The summed E-state index contributed by atoms with van der Waals surface area (Å²) in [5.74, 6) is -1.38. The third kappa shape index (κ3) is 9.01. The second-order valence-electron chi connectivity index (χ2n) is 10.0. The van der Waals surface area contributed by atoms with E-state index in [-0.39, 0.29) is 36.4 Å². The number of carbonyl (C=O) groups excluding carboxylic acids is 1. The fraction of sp³-hybridized carbons (Fsp3) is 0.242. The molecule has 43 heavy (non-hydrogen) atoms. The Kier molecular flexibility index (Phi) is 9.68. The zero-order valence-corrected chi connectivity index (χ0v) is 23.1. The number of alkyl halides is 6. The van der Waals surface area contributed by atoms with Crippen LogP contribution in [-0.4, -0.2) is 25.2 Å². The lowest BCUT2D eigenvalue weighted by molar-refractivity contribution is -0.275. The number of amides is 1. The average Bonchev–Trinajstić information content (AvgIpc) is 2.94. The Bertz CT molecular complexity index is 1460. The number of hydrogen-bond donors (Lipinski definition) is 1. The summed E-state index contributed by atoms with van der Waals surface area (Å²) in [5.41, 5.74) is 1.79. The Morgan fingerprint density at radius 3 is 1.70 bits per heavy atom. The fourth-order valence-electron chi connectivity index (χ4n) is 5.02. The molecule has 0 aromatic heterocycles. The molecule has 4 aromatic carbocycles. The number of benzene rings is 4. The van der Waals surface area contributed by atoms with E-state index in [9.17, 15) is 31.1 Å². The molecule has 0 aliphatic heterocycles. The quantitative estimate of drug-likeness (QED) is 0.178. The van der Waals surface area contributed by atoms with Crippen LogP contribution >= 0.6 is 0 Å². The van der Waals surface area contributed by atoms with Crippen LogP contribution in [0.1, 0.15) is 34.7 Å². The van der Waals surface area contributed by atoms with Crippen molar-refractivity contribution in [3.8, 4) is 11.5 Å². The minimum atomic E-state index is -4.97. The molecule has 0 aliphatic carbocycles. The first kappa shape index (κ1) is 31.5. The summed E-state index contributed by atoms with van der Waals surface area (Å²) < 4.78 is 87.3. The molecule has 4 rings (SSSR count). The molecule has 0 unspecified atom stereocenters. The lowest BCUT2D eigenvalue weighted by Crippen LogP contribution is -2.44. The molecule has 0 saturated heterocycles. The van der Waals surface area contributed by atoms with Gasteiger partial charge in [-0.05, 0) is 64.9 Å². The van der Waals surface area contributed by atoms with E-state index in [2.05, 4.69) is 14.8 Å². The van der Waals surface area contributed by atoms with E-state index in [0.717, 1.165) is 35.2 Å². The number of rotatable bonds is 11. The topological polar surface area (TPSA) is 47.6 Å². The van der Waals surface area contributed by atoms with Gasteiger partial charge in [0.05, 0.1) is 6.42 Å². The van der Waals surface area contributed by atoms with E-state index < -0.39 is 29.6 Å². The van der Waals surface area contributed by atoms with Crippen molar-refractivity contribution in [2.75, 3.05) is 6.54 Å². The summed E-state index contributed by atoms with van der Waals surface area (Å²) >= 11 is 0. The molecular weight excluding hydrogens is 572 g/mol. The predicted molar refractivity (Wildman–Crippen MR) is 150 cm³/mol. The Morgan fingerprint density at radius 1 is 0.651 bits per heavy atom. The van der Waals surface area contributed by atoms with Crippen molar-refractivity contribution < 1.29 is 40.6 Å². The molecule has 0 heterocycles. The molecule has 1 N–H and O–H groups in total. The van der Waals surface area contributed by atoms with E-state index in [1.54, 1.807) is 42.5 Å². The molecule has 0 saturated carbocycles. The van der Waals surface area contributed by atoms with Crippen molar-refractivity contribution in [3.05, 3.63) is 131 Å². The second kappa shape index (κ2) is 13.2. The maximum Gasteiger partial charge on any atom is 0.573 e. The monoisotopic (exact) mass is 601 g/mol. The van der Waals surface area contributed by atoms with Crippen molar-refractivity contribution in [2.45, 2.75) is 44.3 Å². The highest BCUT2D eigenvalue weighted by atomic mass is 19.4. The van der Waals surface area contributed by atoms with E-state index >= 15 is 0 Å². The van der Waals surface area contributed by atoms with Gasteiger partial charge >= 0.3 is 12.7 Å². The molecule has 0 spiro atoms. The van der Waals surface area contributed by atoms with Crippen LogP contribution < -0.4 is 14.8 Å². The van der Waals surface area contributed by atoms with Crippen LogP contribution in [0.3, 0.4) is 0 Å². The van der Waals surface area contributed by atoms with Gasteiger partial charge in [0.25, 0.3) is 0 Å². The SMILES string of the molecule is CCc1cccc(CC(=O)NCC(Cc2ccccc2)(c2cccc(OC(F)(F)F)c2)c2cccc(OC(F)(F)F)c2)c1. The standard InChI is InChI=1S/C33H29F6NO3/c1-2-23-11-6-12-25(17-23)18-30(41)40-22-31(21-24-9-4-3-5-10-24,26-13-7-15-28(19-26)42-32(34,35)36)27-14-8-16-29(20-27)43-33(37,38)39/h3-17,19-20H,2,18,21-22H2,1H3,(H,40,41). The third-order valence-electron chi connectivity index (χ3n) is 6.94. The van der Waals surface area contributed by atoms with Gasteiger partial charge in [0, 0.05) is 12.0 Å². The molecule has 0 radical (unpaired) electrons. The fourth-order valence-corrected chi connectivity index (χ4v) is 5.02. The van der Waals surface area contributed by atoms with Crippen LogP contribution in [0.15, 0.2) is 103 Å². The van der Waals surface area contributed by atoms with Crippen LogP contribution in [-0.2, 0) is 29.5 Å². The normalized spacial score (nSPS) is 12.1. The Hall–Kier alpha value is -4.47. The van der Waals surface area contributed by atoms with Crippen LogP contribution in [0.2, 0.25) is 0 Å². The number of nitrogens with one attached hydrogen (secondary N) is 1. The van der Waals surface area contributed by atoms with Gasteiger partial charge in [-0.25, -0.2) is 0 Å². The summed E-state index contributed by atoms with van der Waals surface area (Å²) in [6.45, 7) is 1.84. The number of aryl methyl sites for hydroxylation is 1. The number of hydrogen-bond acceptors (Lipinski definition) is 3. The van der Waals surface area contributed by atoms with Crippen molar-refractivity contribution >= 4 is 5.91 Å². The smallest absolute Gasteiger partial charge is 0.406 e. The molecule has 0 bridgehead atoms. The third-order valence-corrected chi connectivity index (χ3v) is 6.94. The summed E-state index contributed by atoms with van der Waals surface area (Å²) in [6, 6.07) is 26.9. The first-order valence-electron chi connectivity index (χ1n) is 13.5. The molecule has 0 aliphatic rings. The first-order valence-corrected chi connectivity index (χ1v) is 13.5. The Morgan fingerprint density at radius 2 is 1.16 bits per heavy atom. The second-order valence-corrected chi connectivity index (χ2v) is 10.0. The van der Waals surface area contributed by atoms with Crippen LogP contribution in [0, 0.1) is 0 Å². The summed E-state index contributed by atoms with van der Waals surface area (Å²) in [7, 11) is 0. The Balaban J connectivity index is 1.81. The average molecular weight is 602 g/mol. The van der Waals surface area contributed by atoms with Crippen molar-refractivity contribution in [1.29, 1.82) is 0 Å². The van der Waals surface area contributed by atoms with Gasteiger partial charge in [-0.15, -0.1) is 26.3 Å². The highest BCUT2D eigenvalue weighted by Crippen LogP contribution is 2.40. The van der Waals surface area contributed by atoms with E-state index in [1.165, 1.54) is 24.3 Å². The highest BCUT2D eigenvalue weighted by molar-refractivity contribution is 5.79. The predicted octanol–water partition coefficient (Wildman–Crippen LogP) is 7.93. The highest BCUT2D eigenvalue weighted by Gasteiger charge is 2.38. The minimum absolute atomic E-state index is 0.0315. The van der Waals surface area contributed by atoms with E-state index in [1.807, 2.05) is 31.2 Å². The van der Waals surface area contributed by atoms with Gasteiger partial charge in [0.15, 0.2) is 0 Å². The maximum atomic E-state index is 13.2. The Labute approximate surface area is 245 Å². The minimum Gasteiger partial charge on any atom is -0.406 e. The molecule has 226 valence electrons. The molecule has 0 fully saturated rings. The maximum absolute atomic E-state index is 13.2. The van der Waals surface area contributed by atoms with Crippen molar-refractivity contribution in [1.82, 2.24) is 5.32 Å². The van der Waals surface area contributed by atoms with Crippen molar-refractivity contribution in [3.63, 3.8) is 0 Å². The summed E-state index contributed by atoms with van der Waals surface area (Å²) in [6.07, 6.45) is -9.01. The molecule has 4 aromatic rings. The zero-order valence-electron chi connectivity index (χ0n) is 23.1. The number of carbonyl (C=O) groups is 1. The van der Waals surface area contributed by atoms with Gasteiger partial charge in [0.2, 0.25) is 5.91 Å². The van der Waals surface area contributed by atoms with Crippen LogP contribution in [0.5, 0.6) is 11.5 Å². The molecule has 4 nitrogen and oxygen atoms in total. The molecular formula is C33H29F6NO3. The van der Waals surface area contributed by atoms with Gasteiger partial charge in [-0.1, -0.05) is 85.8 Å². The van der Waals surface area contributed by atoms with Crippen LogP contribution in [0.25, 0.3) is 0 Å². The summed E-state index contributed by atoms with van der Waals surface area (Å²) in [4.78, 5) is 13.2. The van der Waals surface area contributed by atoms with Gasteiger partial charge < -0.3 is 14.8 Å². The number of halogens is 6. The van der Waals surface area contributed by atoms with Crippen LogP contribution in [0.4, 0.5) is 26.3 Å². The van der Waals surface area contributed by atoms with Gasteiger partial charge in [0.1, 0.15) is 11.5 Å². The van der Waals surface area contributed by atoms with Gasteiger partial charge in [-0.2, -0.15) is 0 Å². The molecule has 1 amide bonds. The van der Waals surface area contributed by atoms with Gasteiger partial charge in [-0.3, -0.25) is 4.79 Å². The molecule has 10 heteroatoms. The van der Waals surface area contributed by atoms with E-state index in [0.29, 0.717) is 0 Å². The summed E-state index contributed by atoms with van der Waals surface area (Å²) in [5, 5.41) is 2.90.